The molecule has 0 atom stereocenters. The Labute approximate surface area is 253 Å². The molecule has 0 bridgehead atoms. The van der Waals surface area contributed by atoms with Crippen molar-refractivity contribution in [3.63, 3.8) is 0 Å². The summed E-state index contributed by atoms with van der Waals surface area (Å²) in [4.78, 5) is 28.3. The third-order valence-electron chi connectivity index (χ3n) is 6.74. The smallest absolute Gasteiger partial charge is 0.380 e. The van der Waals surface area contributed by atoms with Crippen LogP contribution in [0.1, 0.15) is 34.2 Å². The van der Waals surface area contributed by atoms with Crippen molar-refractivity contribution in [1.29, 1.82) is 0 Å². The molecule has 0 spiro atoms. The molecule has 4 aromatic rings. The zero-order chi connectivity index (χ0) is 29.8. The fourth-order valence-corrected chi connectivity index (χ4v) is 5.91. The molecule has 8 nitrogen and oxygen atoms in total. The van der Waals surface area contributed by atoms with Gasteiger partial charge >= 0.3 is 5.97 Å². The van der Waals surface area contributed by atoms with E-state index in [1.165, 1.54) is 11.8 Å². The van der Waals surface area contributed by atoms with E-state index in [1.54, 1.807) is 49.5 Å². The molecule has 1 aromatic heterocycles. The van der Waals surface area contributed by atoms with Crippen molar-refractivity contribution in [3.8, 4) is 23.0 Å². The van der Waals surface area contributed by atoms with Crippen LogP contribution in [0.2, 0.25) is 0 Å². The van der Waals surface area contributed by atoms with Gasteiger partial charge in [0, 0.05) is 17.5 Å². The Morgan fingerprint density at radius 1 is 1.00 bits per heavy atom. The summed E-state index contributed by atoms with van der Waals surface area (Å²) in [6, 6.07) is 18.2. The first kappa shape index (κ1) is 29.2. The standard InChI is InChI=1S/C32H29NO7S2/c1-5-38-27-17-21(11-13-25(27)40-31(35)29-19(2)22-8-6-7-9-23(22)39-29)18-28-30(34)33(32(41)42-28)15-14-20-10-12-24(36-3)26(16-20)37-4/h6-13,16-18H,5,14-15H2,1-4H3. The lowest BCUT2D eigenvalue weighted by Gasteiger charge is -2.15. The molecular weight excluding hydrogens is 574 g/mol. The van der Waals surface area contributed by atoms with Crippen LogP contribution in [0.15, 0.2) is 70.0 Å². The third-order valence-corrected chi connectivity index (χ3v) is 8.12. The molecular formula is C32H29NO7S2. The second-order valence-corrected chi connectivity index (χ2v) is 11.0. The number of benzene rings is 3. The summed E-state index contributed by atoms with van der Waals surface area (Å²) in [6.07, 6.45) is 2.35. The number of methoxy groups -OCH3 is 2. The van der Waals surface area contributed by atoms with Gasteiger partial charge in [-0.05, 0) is 67.8 Å². The van der Waals surface area contributed by atoms with Crippen LogP contribution in [-0.2, 0) is 11.2 Å². The van der Waals surface area contributed by atoms with Crippen molar-refractivity contribution >= 4 is 57.2 Å². The number of aryl methyl sites for hydroxylation is 1. The van der Waals surface area contributed by atoms with Crippen molar-refractivity contribution in [2.45, 2.75) is 20.3 Å². The van der Waals surface area contributed by atoms with E-state index in [1.807, 2.05) is 50.2 Å². The summed E-state index contributed by atoms with van der Waals surface area (Å²) in [6.45, 7) is 4.44. The van der Waals surface area contributed by atoms with E-state index in [2.05, 4.69) is 0 Å². The van der Waals surface area contributed by atoms with Crippen LogP contribution in [0.4, 0.5) is 0 Å². The summed E-state index contributed by atoms with van der Waals surface area (Å²) in [7, 11) is 3.17. The number of ether oxygens (including phenoxy) is 4. The van der Waals surface area contributed by atoms with Gasteiger partial charge in [0.05, 0.1) is 25.7 Å². The molecule has 1 amide bonds. The molecule has 0 N–H and O–H groups in total. The van der Waals surface area contributed by atoms with Crippen LogP contribution in [0.3, 0.4) is 0 Å². The molecule has 0 aliphatic carbocycles. The molecule has 42 heavy (non-hydrogen) atoms. The van der Waals surface area contributed by atoms with Gasteiger partial charge in [-0.1, -0.05) is 54.3 Å². The molecule has 5 rings (SSSR count). The number of esters is 1. The SMILES string of the molecule is CCOc1cc(C=C2SC(=S)N(CCc3ccc(OC)c(OC)c3)C2=O)ccc1OC(=O)c1oc2ccccc2c1C. The van der Waals surface area contributed by atoms with Crippen molar-refractivity contribution in [2.75, 3.05) is 27.4 Å². The number of amides is 1. The maximum Gasteiger partial charge on any atom is 0.380 e. The van der Waals surface area contributed by atoms with Crippen LogP contribution in [0, 0.1) is 6.92 Å². The van der Waals surface area contributed by atoms with Gasteiger partial charge in [0.1, 0.15) is 9.90 Å². The number of hydrogen-bond acceptors (Lipinski definition) is 9. The van der Waals surface area contributed by atoms with E-state index in [0.29, 0.717) is 62.8 Å². The van der Waals surface area contributed by atoms with Crippen molar-refractivity contribution in [1.82, 2.24) is 4.90 Å². The zero-order valence-corrected chi connectivity index (χ0v) is 25.2. The number of carbonyl (C=O) groups is 2. The zero-order valence-electron chi connectivity index (χ0n) is 23.6. The Morgan fingerprint density at radius 3 is 2.50 bits per heavy atom. The second kappa shape index (κ2) is 12.7. The van der Waals surface area contributed by atoms with Crippen LogP contribution >= 0.6 is 24.0 Å². The first-order chi connectivity index (χ1) is 20.3. The fourth-order valence-electron chi connectivity index (χ4n) is 4.60. The first-order valence-corrected chi connectivity index (χ1v) is 14.5. The molecule has 0 saturated carbocycles. The number of thioether (sulfide) groups is 1. The fraction of sp³-hybridized carbons (Fsp3) is 0.219. The van der Waals surface area contributed by atoms with Crippen molar-refractivity contribution in [2.24, 2.45) is 0 Å². The Morgan fingerprint density at radius 2 is 1.76 bits per heavy atom. The summed E-state index contributed by atoms with van der Waals surface area (Å²) >= 11 is 6.77. The third kappa shape index (κ3) is 6.00. The highest BCUT2D eigenvalue weighted by Crippen LogP contribution is 2.36. The topological polar surface area (TPSA) is 87.4 Å². The summed E-state index contributed by atoms with van der Waals surface area (Å²) in [5.41, 5.74) is 3.02. The molecule has 216 valence electrons. The van der Waals surface area contributed by atoms with Gasteiger partial charge in [0.25, 0.3) is 5.91 Å². The van der Waals surface area contributed by atoms with Crippen molar-refractivity contribution in [3.05, 3.63) is 88.0 Å². The van der Waals surface area contributed by atoms with Gasteiger partial charge in [-0.25, -0.2) is 4.79 Å². The normalized spacial score (nSPS) is 14.1. The number of carbonyl (C=O) groups excluding carboxylic acids is 2. The molecule has 0 unspecified atom stereocenters. The number of thiocarbonyl (C=S) groups is 1. The van der Waals surface area contributed by atoms with Gasteiger partial charge < -0.3 is 23.4 Å². The molecule has 10 heteroatoms. The Kier molecular flexibility index (Phi) is 8.84. The Hall–Kier alpha value is -4.28. The highest BCUT2D eigenvalue weighted by molar-refractivity contribution is 8.26. The van der Waals surface area contributed by atoms with Gasteiger partial charge in [-0.15, -0.1) is 0 Å². The van der Waals surface area contributed by atoms with Crippen LogP contribution in [-0.4, -0.2) is 48.5 Å². The number of para-hydroxylation sites is 1. The average molecular weight is 604 g/mol. The van der Waals surface area contributed by atoms with Gasteiger partial charge in [0.15, 0.2) is 23.0 Å². The largest absolute Gasteiger partial charge is 0.493 e. The summed E-state index contributed by atoms with van der Waals surface area (Å²) in [5, 5.41) is 0.853. The number of nitrogens with zero attached hydrogens (tertiary/aromatic N) is 1. The van der Waals surface area contributed by atoms with Crippen LogP contribution < -0.4 is 18.9 Å². The minimum Gasteiger partial charge on any atom is -0.493 e. The Balaban J connectivity index is 1.31. The van der Waals surface area contributed by atoms with Gasteiger partial charge in [-0.2, -0.15) is 0 Å². The lowest BCUT2D eigenvalue weighted by Crippen LogP contribution is -2.30. The number of hydrogen-bond donors (Lipinski definition) is 0. The lowest BCUT2D eigenvalue weighted by molar-refractivity contribution is -0.122. The number of rotatable bonds is 10. The predicted octanol–water partition coefficient (Wildman–Crippen LogP) is 6.82. The second-order valence-electron chi connectivity index (χ2n) is 9.35. The van der Waals surface area contributed by atoms with E-state index < -0.39 is 5.97 Å². The highest BCUT2D eigenvalue weighted by atomic mass is 32.2. The molecule has 1 fully saturated rings. The summed E-state index contributed by atoms with van der Waals surface area (Å²) in [5.74, 6) is 1.25. The van der Waals surface area contributed by atoms with E-state index >= 15 is 0 Å². The molecule has 1 aliphatic heterocycles. The summed E-state index contributed by atoms with van der Waals surface area (Å²) < 4.78 is 28.4. The molecule has 0 radical (unpaired) electrons. The number of furan rings is 1. The minimum atomic E-state index is -0.618. The van der Waals surface area contributed by atoms with Crippen molar-refractivity contribution < 1.29 is 33.0 Å². The van der Waals surface area contributed by atoms with Crippen LogP contribution in [0.25, 0.3) is 17.0 Å². The van der Waals surface area contributed by atoms with E-state index in [4.69, 9.17) is 35.6 Å². The van der Waals surface area contributed by atoms with E-state index in [-0.39, 0.29) is 17.4 Å². The minimum absolute atomic E-state index is 0.138. The Bertz CT molecular complexity index is 1710. The molecule has 1 saturated heterocycles. The number of fused-ring (bicyclic) bond motifs is 1. The van der Waals surface area contributed by atoms with E-state index in [9.17, 15) is 9.59 Å². The quantitative estimate of drug-likeness (QED) is 0.0839. The monoisotopic (exact) mass is 603 g/mol. The van der Waals surface area contributed by atoms with Crippen LogP contribution in [0.5, 0.6) is 23.0 Å². The van der Waals surface area contributed by atoms with E-state index in [0.717, 1.165) is 10.9 Å². The molecule has 3 aromatic carbocycles. The first-order valence-electron chi connectivity index (χ1n) is 13.3. The lowest BCUT2D eigenvalue weighted by atomic mass is 10.1. The van der Waals surface area contributed by atoms with Gasteiger partial charge in [-0.3, -0.25) is 9.69 Å². The maximum absolute atomic E-state index is 13.2. The molecule has 2 heterocycles. The predicted molar refractivity (Wildman–Crippen MR) is 167 cm³/mol. The average Bonchev–Trinajstić information content (AvgIpc) is 3.47. The molecule has 1 aliphatic rings. The maximum atomic E-state index is 13.2. The highest BCUT2D eigenvalue weighted by Gasteiger charge is 2.32. The van der Waals surface area contributed by atoms with Gasteiger partial charge in [0.2, 0.25) is 5.76 Å².